The molecule has 3 rings (SSSR count). The number of nitriles is 1. The lowest BCUT2D eigenvalue weighted by atomic mass is 9.96. The quantitative estimate of drug-likeness (QED) is 0.862. The largest absolute Gasteiger partial charge is 0.327 e. The minimum Gasteiger partial charge on any atom is -0.327 e. The number of carbonyl (C=O) groups is 1. The van der Waals surface area contributed by atoms with Gasteiger partial charge in [0.15, 0.2) is 0 Å². The fourth-order valence-corrected chi connectivity index (χ4v) is 4.71. The molecule has 1 saturated carbocycles. The minimum atomic E-state index is 0.00926. The van der Waals surface area contributed by atoms with E-state index in [1.807, 2.05) is 6.92 Å². The first kappa shape index (κ1) is 19.0. The molecule has 5 heteroatoms. The number of likely N-dealkylation sites (tertiary alicyclic amines) is 1. The van der Waals surface area contributed by atoms with Crippen molar-refractivity contribution >= 4 is 11.7 Å². The van der Waals surface area contributed by atoms with Crippen LogP contribution in [0.15, 0.2) is 0 Å². The van der Waals surface area contributed by atoms with Gasteiger partial charge in [0, 0.05) is 18.3 Å². The van der Waals surface area contributed by atoms with Crippen LogP contribution in [0, 0.1) is 31.1 Å². The highest BCUT2D eigenvalue weighted by molar-refractivity contribution is 5.93. The number of nitrogens with one attached hydrogen (secondary N) is 1. The first-order chi connectivity index (χ1) is 12.5. The van der Waals surface area contributed by atoms with Crippen LogP contribution in [0.4, 0.5) is 5.82 Å². The van der Waals surface area contributed by atoms with Crippen molar-refractivity contribution in [2.75, 3.05) is 25.0 Å². The summed E-state index contributed by atoms with van der Waals surface area (Å²) in [5, 5.41) is 12.8. The molecule has 26 heavy (non-hydrogen) atoms. The van der Waals surface area contributed by atoms with Crippen LogP contribution >= 0.6 is 0 Å². The van der Waals surface area contributed by atoms with Crippen molar-refractivity contribution in [3.63, 3.8) is 0 Å². The van der Waals surface area contributed by atoms with E-state index in [1.54, 1.807) is 0 Å². The average Bonchev–Trinajstić information content (AvgIpc) is 3.23. The number of rotatable bonds is 5. The molecule has 0 spiro atoms. The summed E-state index contributed by atoms with van der Waals surface area (Å²) in [4.78, 5) is 15.0. The van der Waals surface area contributed by atoms with Gasteiger partial charge in [0.25, 0.3) is 0 Å². The molecule has 1 atom stereocenters. The lowest BCUT2D eigenvalue weighted by Crippen LogP contribution is -2.40. The van der Waals surface area contributed by atoms with Crippen LogP contribution in [0.3, 0.4) is 0 Å². The molecule has 1 N–H and O–H groups in total. The predicted molar refractivity (Wildman–Crippen MR) is 104 cm³/mol. The Kier molecular flexibility index (Phi) is 6.03. The second-order valence-electron chi connectivity index (χ2n) is 8.05. The molecule has 1 aromatic rings. The summed E-state index contributed by atoms with van der Waals surface area (Å²) in [6.07, 6.45) is 8.34. The second-order valence-corrected chi connectivity index (χ2v) is 8.05. The van der Waals surface area contributed by atoms with Crippen LogP contribution in [-0.4, -0.2) is 35.0 Å². The number of nitrogens with zero attached hydrogens (tertiary/aromatic N) is 3. The highest BCUT2D eigenvalue weighted by atomic mass is 16.2. The summed E-state index contributed by atoms with van der Waals surface area (Å²) in [6, 6.07) is 2.73. The molecule has 142 valence electrons. The molecule has 1 unspecified atom stereocenters. The average molecular weight is 357 g/mol. The Morgan fingerprint density at radius 1 is 1.23 bits per heavy atom. The number of aromatic nitrogens is 1. The standard InChI is InChI=1S/C21H32N4O/c1-4-17-8-7-11-24(13-17)14-20(26)23-21-19(12-22)15(2)16(3)25(21)18-9-5-6-10-18/h17-18H,4-11,13-14H2,1-3H3,(H,23,26). The Labute approximate surface area is 157 Å². The molecule has 2 heterocycles. The van der Waals surface area contributed by atoms with Gasteiger partial charge in [0.05, 0.1) is 12.1 Å². The van der Waals surface area contributed by atoms with Crippen molar-refractivity contribution in [2.24, 2.45) is 5.92 Å². The zero-order valence-corrected chi connectivity index (χ0v) is 16.5. The lowest BCUT2D eigenvalue weighted by Gasteiger charge is -2.31. The summed E-state index contributed by atoms with van der Waals surface area (Å²) < 4.78 is 2.23. The number of amides is 1. The van der Waals surface area contributed by atoms with Crippen molar-refractivity contribution in [1.82, 2.24) is 9.47 Å². The maximum atomic E-state index is 12.8. The number of hydrogen-bond donors (Lipinski definition) is 1. The SMILES string of the molecule is CCC1CCCN(CC(=O)Nc2c(C#N)c(C)c(C)n2C2CCCC2)C1. The van der Waals surface area contributed by atoms with E-state index in [0.717, 1.165) is 43.0 Å². The van der Waals surface area contributed by atoms with Crippen LogP contribution in [0.25, 0.3) is 0 Å². The normalized spacial score (nSPS) is 21.7. The van der Waals surface area contributed by atoms with E-state index in [1.165, 1.54) is 32.1 Å². The first-order valence-corrected chi connectivity index (χ1v) is 10.2. The van der Waals surface area contributed by atoms with Crippen molar-refractivity contribution in [3.05, 3.63) is 16.8 Å². The van der Waals surface area contributed by atoms with Gasteiger partial charge in [-0.15, -0.1) is 0 Å². The summed E-state index contributed by atoms with van der Waals surface area (Å²) >= 11 is 0. The maximum Gasteiger partial charge on any atom is 0.239 e. The second kappa shape index (κ2) is 8.26. The number of piperidine rings is 1. The minimum absolute atomic E-state index is 0.00926. The van der Waals surface area contributed by atoms with Gasteiger partial charge in [-0.3, -0.25) is 9.69 Å². The third-order valence-electron chi connectivity index (χ3n) is 6.36. The fourth-order valence-electron chi connectivity index (χ4n) is 4.71. The zero-order valence-electron chi connectivity index (χ0n) is 16.5. The van der Waals surface area contributed by atoms with Gasteiger partial charge >= 0.3 is 0 Å². The van der Waals surface area contributed by atoms with Crippen molar-refractivity contribution in [3.8, 4) is 6.07 Å². The Hall–Kier alpha value is -1.80. The van der Waals surface area contributed by atoms with E-state index in [2.05, 4.69) is 34.7 Å². The van der Waals surface area contributed by atoms with Crippen LogP contribution in [-0.2, 0) is 4.79 Å². The van der Waals surface area contributed by atoms with Crippen LogP contribution in [0.2, 0.25) is 0 Å². The van der Waals surface area contributed by atoms with Gasteiger partial charge in [-0.25, -0.2) is 0 Å². The molecule has 2 aliphatic rings. The Morgan fingerprint density at radius 3 is 2.62 bits per heavy atom. The fraction of sp³-hybridized carbons (Fsp3) is 0.714. The van der Waals surface area contributed by atoms with Gasteiger partial charge < -0.3 is 9.88 Å². The Balaban J connectivity index is 1.77. The Morgan fingerprint density at radius 2 is 1.96 bits per heavy atom. The third-order valence-corrected chi connectivity index (χ3v) is 6.36. The molecule has 0 aromatic carbocycles. The number of hydrogen-bond acceptors (Lipinski definition) is 3. The van der Waals surface area contributed by atoms with Crippen molar-refractivity contribution < 1.29 is 4.79 Å². The van der Waals surface area contributed by atoms with E-state index < -0.39 is 0 Å². The molecule has 2 fully saturated rings. The summed E-state index contributed by atoms with van der Waals surface area (Å²) in [6.45, 7) is 8.72. The van der Waals surface area contributed by atoms with Crippen LogP contribution in [0.1, 0.15) is 74.7 Å². The highest BCUT2D eigenvalue weighted by Gasteiger charge is 2.27. The smallest absolute Gasteiger partial charge is 0.239 e. The summed E-state index contributed by atoms with van der Waals surface area (Å²) in [7, 11) is 0. The molecule has 0 radical (unpaired) electrons. The molecule has 1 amide bonds. The van der Waals surface area contributed by atoms with Gasteiger partial charge in [-0.2, -0.15) is 5.26 Å². The molecule has 5 nitrogen and oxygen atoms in total. The van der Waals surface area contributed by atoms with Crippen LogP contribution < -0.4 is 5.32 Å². The maximum absolute atomic E-state index is 12.8. The zero-order chi connectivity index (χ0) is 18.7. The van der Waals surface area contributed by atoms with Crippen LogP contribution in [0.5, 0.6) is 0 Å². The van der Waals surface area contributed by atoms with E-state index in [-0.39, 0.29) is 5.91 Å². The number of anilines is 1. The summed E-state index contributed by atoms with van der Waals surface area (Å²) in [5.74, 6) is 1.44. The number of carbonyl (C=O) groups excluding carboxylic acids is 1. The van der Waals surface area contributed by atoms with E-state index in [0.29, 0.717) is 24.1 Å². The van der Waals surface area contributed by atoms with Gasteiger partial charge in [0.2, 0.25) is 5.91 Å². The first-order valence-electron chi connectivity index (χ1n) is 10.2. The van der Waals surface area contributed by atoms with Gasteiger partial charge in [0.1, 0.15) is 11.9 Å². The van der Waals surface area contributed by atoms with E-state index in [4.69, 9.17) is 0 Å². The Bertz CT molecular complexity index is 694. The van der Waals surface area contributed by atoms with Crippen molar-refractivity contribution in [2.45, 2.75) is 71.8 Å². The molecular weight excluding hydrogens is 324 g/mol. The third kappa shape index (κ3) is 3.81. The molecule has 1 aliphatic heterocycles. The summed E-state index contributed by atoms with van der Waals surface area (Å²) in [5.41, 5.74) is 2.75. The van der Waals surface area contributed by atoms with E-state index >= 15 is 0 Å². The van der Waals surface area contributed by atoms with Crippen molar-refractivity contribution in [1.29, 1.82) is 5.26 Å². The van der Waals surface area contributed by atoms with Gasteiger partial charge in [-0.1, -0.05) is 26.2 Å². The predicted octanol–water partition coefficient (Wildman–Crippen LogP) is 4.15. The topological polar surface area (TPSA) is 61.1 Å². The molecule has 1 saturated heterocycles. The highest BCUT2D eigenvalue weighted by Crippen LogP contribution is 2.37. The monoisotopic (exact) mass is 356 g/mol. The molecular formula is C21H32N4O. The molecule has 1 aromatic heterocycles. The van der Waals surface area contributed by atoms with Gasteiger partial charge in [-0.05, 0) is 57.6 Å². The molecule has 0 bridgehead atoms. The van der Waals surface area contributed by atoms with E-state index in [9.17, 15) is 10.1 Å². The lowest BCUT2D eigenvalue weighted by molar-refractivity contribution is -0.117. The molecule has 1 aliphatic carbocycles.